The lowest BCUT2D eigenvalue weighted by Crippen LogP contribution is -2.49. The number of benzene rings is 1. The fraction of sp³-hybridized carbons (Fsp3) is 0.250. The van der Waals surface area contributed by atoms with Crippen LogP contribution in [0.2, 0.25) is 5.02 Å². The molecule has 0 unspecified atom stereocenters. The first-order chi connectivity index (χ1) is 10.6. The van der Waals surface area contributed by atoms with Gasteiger partial charge in [0.05, 0.1) is 5.02 Å². The number of hydrogen-bond donors (Lipinski definition) is 1. The van der Waals surface area contributed by atoms with Gasteiger partial charge >= 0.3 is 0 Å². The van der Waals surface area contributed by atoms with Gasteiger partial charge in [-0.2, -0.15) is 0 Å². The molecule has 1 amide bonds. The number of rotatable bonds is 2. The summed E-state index contributed by atoms with van der Waals surface area (Å²) in [6.07, 6.45) is 1.38. The Morgan fingerprint density at radius 3 is 2.45 bits per heavy atom. The zero-order chi connectivity index (χ0) is 15.5. The van der Waals surface area contributed by atoms with E-state index in [1.807, 2.05) is 18.2 Å². The van der Waals surface area contributed by atoms with Crippen LogP contribution in [0, 0.1) is 0 Å². The maximum Gasteiger partial charge on any atom is 0.260 e. The van der Waals surface area contributed by atoms with Crippen molar-refractivity contribution < 1.29 is 4.79 Å². The van der Waals surface area contributed by atoms with Crippen LogP contribution < -0.4 is 10.5 Å². The summed E-state index contributed by atoms with van der Waals surface area (Å²) in [6.45, 7) is 2.65. The molecule has 1 fully saturated rings. The number of nitrogens with zero attached hydrogens (tertiary/aromatic N) is 2. The van der Waals surface area contributed by atoms with Crippen molar-refractivity contribution in [2.45, 2.75) is 0 Å². The molecular formula is C16H16ClN3O2. The molecular weight excluding hydrogens is 302 g/mol. The molecule has 0 saturated carbocycles. The quantitative estimate of drug-likeness (QED) is 0.921. The molecule has 1 aromatic heterocycles. The van der Waals surface area contributed by atoms with Crippen LogP contribution in [0.4, 0.5) is 5.69 Å². The van der Waals surface area contributed by atoms with Crippen molar-refractivity contribution in [2.75, 3.05) is 31.1 Å². The third-order valence-corrected chi connectivity index (χ3v) is 4.00. The van der Waals surface area contributed by atoms with Crippen molar-refractivity contribution in [2.24, 2.45) is 0 Å². The molecule has 3 rings (SSSR count). The van der Waals surface area contributed by atoms with E-state index in [1.54, 1.807) is 4.90 Å². The van der Waals surface area contributed by atoms with E-state index in [1.165, 1.54) is 12.3 Å². The minimum absolute atomic E-state index is 0.0978. The number of carbonyl (C=O) groups excluding carboxylic acids is 1. The predicted molar refractivity (Wildman–Crippen MR) is 86.6 cm³/mol. The van der Waals surface area contributed by atoms with E-state index in [0.717, 1.165) is 18.8 Å². The number of halogens is 1. The summed E-state index contributed by atoms with van der Waals surface area (Å²) in [4.78, 5) is 30.6. The molecule has 2 aromatic rings. The second kappa shape index (κ2) is 6.23. The molecule has 0 radical (unpaired) electrons. The van der Waals surface area contributed by atoms with Crippen LogP contribution >= 0.6 is 11.6 Å². The predicted octanol–water partition coefficient (Wildman–Crippen LogP) is 1.99. The van der Waals surface area contributed by atoms with Crippen LogP contribution in [-0.2, 0) is 0 Å². The van der Waals surface area contributed by atoms with E-state index in [2.05, 4.69) is 22.0 Å². The van der Waals surface area contributed by atoms with Gasteiger partial charge in [-0.05, 0) is 18.2 Å². The van der Waals surface area contributed by atoms with Crippen LogP contribution in [0.15, 0.2) is 47.4 Å². The Balaban J connectivity index is 1.70. The van der Waals surface area contributed by atoms with Crippen molar-refractivity contribution in [3.63, 3.8) is 0 Å². The first-order valence-corrected chi connectivity index (χ1v) is 7.50. The summed E-state index contributed by atoms with van der Waals surface area (Å²) in [5, 5.41) is 0.353. The normalized spacial score (nSPS) is 15.0. The van der Waals surface area contributed by atoms with Crippen molar-refractivity contribution in [1.82, 2.24) is 9.88 Å². The molecule has 1 N–H and O–H groups in total. The van der Waals surface area contributed by atoms with Crippen LogP contribution in [0.5, 0.6) is 0 Å². The monoisotopic (exact) mass is 317 g/mol. The number of para-hydroxylation sites is 1. The Bertz CT molecular complexity index is 722. The second-order valence-corrected chi connectivity index (χ2v) is 5.61. The number of anilines is 1. The Morgan fingerprint density at radius 1 is 1.09 bits per heavy atom. The molecule has 2 heterocycles. The zero-order valence-corrected chi connectivity index (χ0v) is 12.7. The average molecular weight is 318 g/mol. The standard InChI is InChI=1S/C16H16ClN3O2/c17-12-10-14(15(21)18-11-12)16(22)20-8-6-19(7-9-20)13-4-2-1-3-5-13/h1-5,10-11H,6-9H2,(H,18,21). The van der Waals surface area contributed by atoms with Gasteiger partial charge in [-0.25, -0.2) is 0 Å². The summed E-state index contributed by atoms with van der Waals surface area (Å²) in [5.41, 5.74) is 0.843. The molecule has 0 aliphatic carbocycles. The molecule has 1 aliphatic rings. The molecule has 1 saturated heterocycles. The van der Waals surface area contributed by atoms with Crippen molar-refractivity contribution in [3.05, 3.63) is 63.5 Å². The maximum absolute atomic E-state index is 12.4. The highest BCUT2D eigenvalue weighted by molar-refractivity contribution is 6.30. The van der Waals surface area contributed by atoms with Gasteiger partial charge in [0, 0.05) is 38.1 Å². The number of nitrogens with one attached hydrogen (secondary N) is 1. The summed E-state index contributed by atoms with van der Waals surface area (Å²) in [7, 11) is 0. The lowest BCUT2D eigenvalue weighted by atomic mass is 10.2. The van der Waals surface area contributed by atoms with E-state index in [9.17, 15) is 9.59 Å². The minimum atomic E-state index is -0.403. The van der Waals surface area contributed by atoms with Crippen LogP contribution in [0.3, 0.4) is 0 Å². The molecule has 0 spiro atoms. The van der Waals surface area contributed by atoms with Crippen LogP contribution in [0.1, 0.15) is 10.4 Å². The summed E-state index contributed by atoms with van der Waals surface area (Å²) in [6, 6.07) is 11.5. The van der Waals surface area contributed by atoms with Gasteiger partial charge in [-0.1, -0.05) is 29.8 Å². The van der Waals surface area contributed by atoms with Gasteiger partial charge in [0.25, 0.3) is 11.5 Å². The van der Waals surface area contributed by atoms with Crippen LogP contribution in [-0.4, -0.2) is 42.0 Å². The van der Waals surface area contributed by atoms with Crippen LogP contribution in [0.25, 0.3) is 0 Å². The number of pyridine rings is 1. The molecule has 114 valence electrons. The molecule has 1 aromatic carbocycles. The highest BCUT2D eigenvalue weighted by Crippen LogP contribution is 2.16. The summed E-state index contributed by atoms with van der Waals surface area (Å²) >= 11 is 5.85. The number of piperazine rings is 1. The molecule has 6 heteroatoms. The van der Waals surface area contributed by atoms with Gasteiger partial charge in [-0.3, -0.25) is 9.59 Å². The summed E-state index contributed by atoms with van der Waals surface area (Å²) in [5.74, 6) is -0.267. The smallest absolute Gasteiger partial charge is 0.260 e. The molecule has 0 bridgehead atoms. The number of H-pyrrole nitrogens is 1. The number of aromatic amines is 1. The second-order valence-electron chi connectivity index (χ2n) is 5.18. The van der Waals surface area contributed by atoms with E-state index in [0.29, 0.717) is 18.1 Å². The Kier molecular flexibility index (Phi) is 4.15. The minimum Gasteiger partial charge on any atom is -0.368 e. The van der Waals surface area contributed by atoms with E-state index in [4.69, 9.17) is 11.6 Å². The third-order valence-electron chi connectivity index (χ3n) is 3.79. The Morgan fingerprint density at radius 2 is 1.77 bits per heavy atom. The van der Waals surface area contributed by atoms with Crippen molar-refractivity contribution in [3.8, 4) is 0 Å². The van der Waals surface area contributed by atoms with E-state index in [-0.39, 0.29) is 11.5 Å². The lowest BCUT2D eigenvalue weighted by Gasteiger charge is -2.36. The SMILES string of the molecule is O=C(c1cc(Cl)c[nH]c1=O)N1CCN(c2ccccc2)CC1. The maximum atomic E-state index is 12.4. The van der Waals surface area contributed by atoms with Gasteiger partial charge in [0.15, 0.2) is 0 Å². The largest absolute Gasteiger partial charge is 0.368 e. The molecule has 0 atom stereocenters. The van der Waals surface area contributed by atoms with E-state index < -0.39 is 5.56 Å². The number of aromatic nitrogens is 1. The average Bonchev–Trinajstić information content (AvgIpc) is 2.57. The Labute approximate surface area is 133 Å². The fourth-order valence-electron chi connectivity index (χ4n) is 2.59. The molecule has 22 heavy (non-hydrogen) atoms. The number of hydrogen-bond acceptors (Lipinski definition) is 3. The highest BCUT2D eigenvalue weighted by atomic mass is 35.5. The molecule has 5 nitrogen and oxygen atoms in total. The first-order valence-electron chi connectivity index (χ1n) is 7.12. The Hall–Kier alpha value is -2.27. The number of amides is 1. The highest BCUT2D eigenvalue weighted by Gasteiger charge is 2.24. The fourth-order valence-corrected chi connectivity index (χ4v) is 2.76. The topological polar surface area (TPSA) is 56.4 Å². The van der Waals surface area contributed by atoms with Gasteiger partial charge in [0.1, 0.15) is 5.56 Å². The lowest BCUT2D eigenvalue weighted by molar-refractivity contribution is 0.0745. The van der Waals surface area contributed by atoms with Gasteiger partial charge in [0.2, 0.25) is 0 Å². The molecule has 1 aliphatic heterocycles. The van der Waals surface area contributed by atoms with Crippen molar-refractivity contribution >= 4 is 23.2 Å². The third kappa shape index (κ3) is 2.99. The first kappa shape index (κ1) is 14.7. The number of carbonyl (C=O) groups is 1. The zero-order valence-electron chi connectivity index (χ0n) is 12.0. The van der Waals surface area contributed by atoms with Crippen molar-refractivity contribution in [1.29, 1.82) is 0 Å². The van der Waals surface area contributed by atoms with Gasteiger partial charge in [-0.15, -0.1) is 0 Å². The van der Waals surface area contributed by atoms with E-state index >= 15 is 0 Å². The summed E-state index contributed by atoms with van der Waals surface area (Å²) < 4.78 is 0. The van der Waals surface area contributed by atoms with Gasteiger partial charge < -0.3 is 14.8 Å².